The number of aromatic hydroxyl groups is 1. The summed E-state index contributed by atoms with van der Waals surface area (Å²) in [7, 11) is -16.8. The monoisotopic (exact) mass is 499 g/mol. The second-order valence-electron chi connectivity index (χ2n) is 5.63. The number of nitrogens with zero attached hydrogens (tertiary/aromatic N) is 2. The van der Waals surface area contributed by atoms with E-state index in [1.165, 1.54) is 0 Å². The molecule has 0 amide bonds. The van der Waals surface area contributed by atoms with Crippen molar-refractivity contribution in [2.75, 3.05) is 12.3 Å². The Kier molecular flexibility index (Phi) is 7.28. The van der Waals surface area contributed by atoms with Gasteiger partial charge in [-0.05, 0) is 0 Å². The molecule has 2 rings (SSSR count). The molecule has 0 bridgehead atoms. The number of nitrogen functional groups attached to an aromatic ring is 1. The molecule has 0 radical (unpaired) electrons. The van der Waals surface area contributed by atoms with E-state index in [0.717, 1.165) is 6.20 Å². The number of hydrogen-bond donors (Lipinski definition) is 8. The van der Waals surface area contributed by atoms with Crippen molar-refractivity contribution in [3.63, 3.8) is 0 Å². The lowest BCUT2D eigenvalue weighted by atomic mass is 10.1. The maximum Gasteiger partial charge on any atom is 0.490 e. The van der Waals surface area contributed by atoms with Gasteiger partial charge in [0.1, 0.15) is 18.3 Å². The van der Waals surface area contributed by atoms with Crippen LogP contribution in [0.15, 0.2) is 11.0 Å². The van der Waals surface area contributed by atoms with E-state index >= 15 is 0 Å². The van der Waals surface area contributed by atoms with Gasteiger partial charge in [0.15, 0.2) is 17.8 Å². The van der Waals surface area contributed by atoms with Gasteiger partial charge >= 0.3 is 29.2 Å². The fourth-order valence-electron chi connectivity index (χ4n) is 2.22. The van der Waals surface area contributed by atoms with Crippen molar-refractivity contribution >= 4 is 29.3 Å². The summed E-state index contributed by atoms with van der Waals surface area (Å²) in [6.07, 6.45) is -6.20. The lowest BCUT2D eigenvalue weighted by Crippen LogP contribution is -2.36. The molecule has 6 unspecified atom stereocenters. The van der Waals surface area contributed by atoms with Crippen molar-refractivity contribution in [2.45, 2.75) is 24.5 Å². The van der Waals surface area contributed by atoms with Crippen LogP contribution in [-0.2, 0) is 31.6 Å². The van der Waals surface area contributed by atoms with Crippen molar-refractivity contribution in [3.8, 4) is 5.75 Å². The number of phosphoric acid groups is 3. The lowest BCUT2D eigenvalue weighted by molar-refractivity contribution is -0.0543. The standard InChI is InChI=1S/C9H16N3O15P3/c10-7-3(13)1-12(9(16)11-7)8-6(15)5(14)4(25-8)2-24-29(20,21)27-30(22,23)26-28(17,18)19/h1,4-6,8,13-15H,2H2,(H,20,21)(H,22,23)(H2,10,11,16)(H2,17,18,19). The number of aliphatic hydroxyl groups excluding tert-OH is 2. The first-order valence-corrected chi connectivity index (χ1v) is 11.9. The van der Waals surface area contributed by atoms with E-state index in [-0.39, 0.29) is 0 Å². The molecule has 1 aromatic rings. The second-order valence-corrected chi connectivity index (χ2v) is 10.1. The Morgan fingerprint density at radius 3 is 2.27 bits per heavy atom. The Balaban J connectivity index is 2.09. The number of aromatic nitrogens is 2. The molecule has 1 fully saturated rings. The highest BCUT2D eigenvalue weighted by Crippen LogP contribution is 2.66. The van der Waals surface area contributed by atoms with Gasteiger partial charge in [-0.1, -0.05) is 0 Å². The first-order chi connectivity index (χ1) is 13.5. The van der Waals surface area contributed by atoms with Gasteiger partial charge in [0, 0.05) is 0 Å². The molecule has 1 aromatic heterocycles. The Morgan fingerprint density at radius 1 is 1.10 bits per heavy atom. The highest BCUT2D eigenvalue weighted by atomic mass is 31.3. The predicted octanol–water partition coefficient (Wildman–Crippen LogP) is -2.51. The Morgan fingerprint density at radius 2 is 1.70 bits per heavy atom. The summed E-state index contributed by atoms with van der Waals surface area (Å²) in [5.41, 5.74) is 4.15. The molecule has 30 heavy (non-hydrogen) atoms. The van der Waals surface area contributed by atoms with Crippen molar-refractivity contribution in [2.24, 2.45) is 0 Å². The van der Waals surface area contributed by atoms with Crippen LogP contribution in [0.25, 0.3) is 0 Å². The average Bonchev–Trinajstić information content (AvgIpc) is 2.81. The minimum atomic E-state index is -5.75. The van der Waals surface area contributed by atoms with Gasteiger partial charge in [-0.15, -0.1) is 0 Å². The lowest BCUT2D eigenvalue weighted by Gasteiger charge is -2.19. The Labute approximate surface area is 165 Å². The normalized spacial score (nSPS) is 28.7. The maximum absolute atomic E-state index is 11.8. The van der Waals surface area contributed by atoms with Crippen LogP contribution in [0.2, 0.25) is 0 Å². The molecule has 18 nitrogen and oxygen atoms in total. The van der Waals surface area contributed by atoms with Gasteiger partial charge < -0.3 is 45.4 Å². The zero-order valence-corrected chi connectivity index (χ0v) is 17.0. The summed E-state index contributed by atoms with van der Waals surface area (Å²) in [5.74, 6) is -1.18. The van der Waals surface area contributed by atoms with E-state index in [1.807, 2.05) is 0 Å². The topological polar surface area (TPSA) is 291 Å². The molecule has 21 heteroatoms. The fraction of sp³-hybridized carbons (Fsp3) is 0.556. The van der Waals surface area contributed by atoms with Crippen LogP contribution in [0, 0.1) is 0 Å². The van der Waals surface area contributed by atoms with Gasteiger partial charge in [-0.3, -0.25) is 9.09 Å². The van der Waals surface area contributed by atoms with Gasteiger partial charge in [-0.25, -0.2) is 18.5 Å². The van der Waals surface area contributed by atoms with Crippen molar-refractivity contribution in [1.29, 1.82) is 0 Å². The summed E-state index contributed by atoms with van der Waals surface area (Å²) in [6.45, 7) is -1.08. The van der Waals surface area contributed by atoms with E-state index < -0.39 is 71.9 Å². The van der Waals surface area contributed by atoms with Gasteiger partial charge in [0.25, 0.3) is 0 Å². The van der Waals surface area contributed by atoms with Crippen molar-refractivity contribution < 1.29 is 66.5 Å². The zero-order valence-electron chi connectivity index (χ0n) is 14.3. The minimum absolute atomic E-state index is 0.520. The number of rotatable bonds is 8. The summed E-state index contributed by atoms with van der Waals surface area (Å²) in [5, 5.41) is 29.5. The second kappa shape index (κ2) is 8.72. The Hall–Kier alpha value is -1.23. The number of ether oxygens (including phenoxy) is 1. The number of aliphatic hydroxyl groups is 2. The molecule has 9 N–H and O–H groups in total. The van der Waals surface area contributed by atoms with E-state index in [9.17, 15) is 38.7 Å². The highest BCUT2D eigenvalue weighted by molar-refractivity contribution is 7.66. The van der Waals surface area contributed by atoms with E-state index in [0.29, 0.717) is 4.57 Å². The summed E-state index contributed by atoms with van der Waals surface area (Å²) in [6, 6.07) is 0. The predicted molar refractivity (Wildman–Crippen MR) is 90.3 cm³/mol. The van der Waals surface area contributed by atoms with Gasteiger partial charge in [0.2, 0.25) is 0 Å². The van der Waals surface area contributed by atoms with Crippen LogP contribution >= 0.6 is 23.5 Å². The maximum atomic E-state index is 11.8. The van der Waals surface area contributed by atoms with Crippen LogP contribution in [0.1, 0.15) is 6.23 Å². The van der Waals surface area contributed by atoms with E-state index in [2.05, 4.69) is 18.1 Å². The number of hydrogen-bond acceptors (Lipinski definition) is 13. The smallest absolute Gasteiger partial charge is 0.490 e. The molecule has 1 saturated heterocycles. The molecule has 172 valence electrons. The molecule has 0 aromatic carbocycles. The Bertz CT molecular complexity index is 991. The van der Waals surface area contributed by atoms with Crippen LogP contribution in [0.4, 0.5) is 5.82 Å². The molecule has 0 aliphatic carbocycles. The summed E-state index contributed by atoms with van der Waals surface area (Å²) >= 11 is 0. The number of nitrogens with two attached hydrogens (primary N) is 1. The number of anilines is 1. The summed E-state index contributed by atoms with van der Waals surface area (Å²) in [4.78, 5) is 50.4. The first-order valence-electron chi connectivity index (χ1n) is 7.39. The van der Waals surface area contributed by atoms with Gasteiger partial charge in [-0.2, -0.15) is 13.6 Å². The molecular weight excluding hydrogens is 483 g/mol. The van der Waals surface area contributed by atoms with Crippen molar-refractivity contribution in [1.82, 2.24) is 9.55 Å². The average molecular weight is 499 g/mol. The zero-order chi connectivity index (χ0) is 23.1. The highest BCUT2D eigenvalue weighted by Gasteiger charge is 2.46. The molecular formula is C9H16N3O15P3. The molecule has 1 aliphatic heterocycles. The molecule has 0 spiro atoms. The molecule has 0 saturated carbocycles. The van der Waals surface area contributed by atoms with Crippen molar-refractivity contribution in [3.05, 3.63) is 16.7 Å². The first kappa shape index (κ1) is 25.0. The molecule has 1 aliphatic rings. The summed E-state index contributed by atoms with van der Waals surface area (Å²) < 4.78 is 50.5. The minimum Gasteiger partial charge on any atom is -0.503 e. The third-order valence-electron chi connectivity index (χ3n) is 3.39. The quantitative estimate of drug-likeness (QED) is 0.171. The fourth-order valence-corrected chi connectivity index (χ4v) is 5.25. The number of phosphoric ester groups is 1. The molecule has 6 atom stereocenters. The van der Waals surface area contributed by atoms with Crippen LogP contribution in [0.3, 0.4) is 0 Å². The van der Waals surface area contributed by atoms with Crippen LogP contribution in [0.5, 0.6) is 5.75 Å². The SMILES string of the molecule is Nc1nc(=O)n(C2OC(COP(=O)(O)OP(=O)(O)OP(=O)(O)O)C(O)C2O)cc1O. The largest absolute Gasteiger partial charge is 0.503 e. The third kappa shape index (κ3) is 6.38. The third-order valence-corrected chi connectivity index (χ3v) is 7.19. The van der Waals surface area contributed by atoms with Crippen LogP contribution < -0.4 is 11.4 Å². The van der Waals surface area contributed by atoms with E-state index in [4.69, 9.17) is 25.2 Å². The van der Waals surface area contributed by atoms with Gasteiger partial charge in [0.05, 0.1) is 12.8 Å². The van der Waals surface area contributed by atoms with Crippen LogP contribution in [-0.4, -0.2) is 69.4 Å². The molecule has 2 heterocycles. The van der Waals surface area contributed by atoms with E-state index in [1.54, 1.807) is 0 Å².